The van der Waals surface area contributed by atoms with Gasteiger partial charge in [0.25, 0.3) is 0 Å². The molecule has 1 aromatic heterocycles. The highest BCUT2D eigenvalue weighted by molar-refractivity contribution is 7.89. The van der Waals surface area contributed by atoms with Crippen molar-refractivity contribution in [2.45, 2.75) is 57.4 Å². The molecule has 0 radical (unpaired) electrons. The maximum absolute atomic E-state index is 13.1. The van der Waals surface area contributed by atoms with Crippen molar-refractivity contribution < 1.29 is 8.42 Å². The van der Waals surface area contributed by atoms with Crippen molar-refractivity contribution in [3.05, 3.63) is 41.5 Å². The number of anilines is 2. The number of piperidine rings is 1. The van der Waals surface area contributed by atoms with Crippen molar-refractivity contribution in [3.8, 4) is 0 Å². The van der Waals surface area contributed by atoms with E-state index in [0.29, 0.717) is 37.1 Å². The van der Waals surface area contributed by atoms with Crippen LogP contribution in [0, 0.1) is 13.8 Å². The van der Waals surface area contributed by atoms with Crippen LogP contribution in [0.3, 0.4) is 0 Å². The minimum absolute atomic E-state index is 0.405. The Bertz CT molecular complexity index is 1000. The SMILES string of the molecule is CCC1CCCCN1c1ccc(N2CCN(S(=O)(=O)c3ccc(C)cc3C)CC2)nn1. The number of piperazine rings is 1. The Labute approximate surface area is 186 Å². The first-order valence-electron chi connectivity index (χ1n) is 11.3. The molecule has 8 heteroatoms. The minimum atomic E-state index is -3.48. The lowest BCUT2D eigenvalue weighted by molar-refractivity contribution is 0.383. The monoisotopic (exact) mass is 443 g/mol. The normalized spacial score (nSPS) is 20.8. The Balaban J connectivity index is 1.41. The van der Waals surface area contributed by atoms with Gasteiger partial charge in [0, 0.05) is 38.8 Å². The average Bonchev–Trinajstić information content (AvgIpc) is 2.79. The molecule has 0 spiro atoms. The Morgan fingerprint density at radius 1 is 0.935 bits per heavy atom. The molecular formula is C23H33N5O2S. The van der Waals surface area contributed by atoms with Gasteiger partial charge in [-0.2, -0.15) is 4.31 Å². The number of aromatic nitrogens is 2. The number of nitrogens with zero attached hydrogens (tertiary/aromatic N) is 5. The third kappa shape index (κ3) is 4.55. The topological polar surface area (TPSA) is 69.6 Å². The Morgan fingerprint density at radius 2 is 1.65 bits per heavy atom. The van der Waals surface area contributed by atoms with Crippen molar-refractivity contribution >= 4 is 21.7 Å². The van der Waals surface area contributed by atoms with Crippen LogP contribution < -0.4 is 9.80 Å². The fourth-order valence-electron chi connectivity index (χ4n) is 4.75. The minimum Gasteiger partial charge on any atom is -0.352 e. The summed E-state index contributed by atoms with van der Waals surface area (Å²) in [5.41, 5.74) is 1.87. The highest BCUT2D eigenvalue weighted by atomic mass is 32.2. The Kier molecular flexibility index (Phi) is 6.48. The van der Waals surface area contributed by atoms with Crippen molar-refractivity contribution in [2.75, 3.05) is 42.5 Å². The summed E-state index contributed by atoms with van der Waals surface area (Å²) in [6, 6.07) is 10.1. The van der Waals surface area contributed by atoms with Crippen LogP contribution in [0.4, 0.5) is 11.6 Å². The van der Waals surface area contributed by atoms with Crippen molar-refractivity contribution in [2.24, 2.45) is 0 Å². The highest BCUT2D eigenvalue weighted by Gasteiger charge is 2.30. The van der Waals surface area contributed by atoms with Gasteiger partial charge in [-0.15, -0.1) is 10.2 Å². The third-order valence-electron chi connectivity index (χ3n) is 6.54. The van der Waals surface area contributed by atoms with E-state index in [9.17, 15) is 8.42 Å². The van der Waals surface area contributed by atoms with Crippen molar-refractivity contribution in [1.29, 1.82) is 0 Å². The Morgan fingerprint density at radius 3 is 2.29 bits per heavy atom. The van der Waals surface area contributed by atoms with Crippen LogP contribution in [0.5, 0.6) is 0 Å². The molecule has 1 unspecified atom stereocenters. The quantitative estimate of drug-likeness (QED) is 0.706. The van der Waals surface area contributed by atoms with Crippen LogP contribution in [-0.4, -0.2) is 61.7 Å². The molecule has 0 saturated carbocycles. The zero-order valence-corrected chi connectivity index (χ0v) is 19.6. The summed E-state index contributed by atoms with van der Waals surface area (Å²) in [6.45, 7) is 9.23. The van der Waals surface area contributed by atoms with Crippen LogP contribution in [0.25, 0.3) is 0 Å². The summed E-state index contributed by atoms with van der Waals surface area (Å²) in [5, 5.41) is 9.00. The molecule has 0 aliphatic carbocycles. The molecule has 2 fully saturated rings. The van der Waals surface area contributed by atoms with Gasteiger partial charge in [0.15, 0.2) is 11.6 Å². The second-order valence-electron chi connectivity index (χ2n) is 8.66. The highest BCUT2D eigenvalue weighted by Crippen LogP contribution is 2.26. The van der Waals surface area contributed by atoms with Gasteiger partial charge in [-0.3, -0.25) is 0 Å². The molecule has 7 nitrogen and oxygen atoms in total. The molecule has 2 aromatic rings. The Hall–Kier alpha value is -2.19. The molecule has 0 amide bonds. The number of hydrogen-bond acceptors (Lipinski definition) is 6. The molecule has 31 heavy (non-hydrogen) atoms. The predicted molar refractivity (Wildman–Crippen MR) is 124 cm³/mol. The summed E-state index contributed by atoms with van der Waals surface area (Å²) in [7, 11) is -3.48. The molecule has 4 rings (SSSR count). The van der Waals surface area contributed by atoms with E-state index in [1.54, 1.807) is 10.4 Å². The van der Waals surface area contributed by atoms with E-state index < -0.39 is 10.0 Å². The van der Waals surface area contributed by atoms with E-state index in [4.69, 9.17) is 0 Å². The standard InChI is InChI=1S/C23H33N5O2S/c1-4-20-7-5-6-12-28(20)23-11-10-22(24-25-23)26-13-15-27(16-14-26)31(29,30)21-9-8-18(2)17-19(21)3/h8-11,17,20H,4-7,12-16H2,1-3H3. The van der Waals surface area contributed by atoms with Gasteiger partial charge in [0.1, 0.15) is 0 Å². The third-order valence-corrected chi connectivity index (χ3v) is 8.60. The molecule has 2 aliphatic heterocycles. The molecule has 2 saturated heterocycles. The van der Waals surface area contributed by atoms with E-state index in [1.807, 2.05) is 32.0 Å². The maximum atomic E-state index is 13.1. The summed E-state index contributed by atoms with van der Waals surface area (Å²) < 4.78 is 27.8. The van der Waals surface area contributed by atoms with Crippen molar-refractivity contribution in [1.82, 2.24) is 14.5 Å². The lowest BCUT2D eigenvalue weighted by atomic mass is 10.0. The molecule has 0 N–H and O–H groups in total. The summed E-state index contributed by atoms with van der Waals surface area (Å²) >= 11 is 0. The van der Waals surface area contributed by atoms with Gasteiger partial charge in [0.05, 0.1) is 4.90 Å². The van der Waals surface area contributed by atoms with Gasteiger partial charge in [-0.25, -0.2) is 8.42 Å². The van der Waals surface area contributed by atoms with Crippen LogP contribution in [0.2, 0.25) is 0 Å². The van der Waals surface area contributed by atoms with Crippen LogP contribution in [0.15, 0.2) is 35.2 Å². The predicted octanol–water partition coefficient (Wildman–Crippen LogP) is 3.37. The van der Waals surface area contributed by atoms with Crippen LogP contribution in [0.1, 0.15) is 43.7 Å². The maximum Gasteiger partial charge on any atom is 0.243 e. The zero-order chi connectivity index (χ0) is 22.0. The zero-order valence-electron chi connectivity index (χ0n) is 18.8. The van der Waals surface area contributed by atoms with E-state index in [0.717, 1.165) is 35.7 Å². The average molecular weight is 444 g/mol. The van der Waals surface area contributed by atoms with Crippen LogP contribution >= 0.6 is 0 Å². The molecule has 3 heterocycles. The molecule has 1 atom stereocenters. The molecule has 2 aliphatic rings. The number of sulfonamides is 1. The first-order chi connectivity index (χ1) is 14.9. The van der Waals surface area contributed by atoms with E-state index in [-0.39, 0.29) is 0 Å². The lowest BCUT2D eigenvalue weighted by Crippen LogP contribution is -2.49. The second kappa shape index (κ2) is 9.12. The first-order valence-corrected chi connectivity index (χ1v) is 12.8. The van der Waals surface area contributed by atoms with Gasteiger partial charge in [-0.1, -0.05) is 24.6 Å². The van der Waals surface area contributed by atoms with Crippen LogP contribution in [-0.2, 0) is 10.0 Å². The fraction of sp³-hybridized carbons (Fsp3) is 0.565. The largest absolute Gasteiger partial charge is 0.352 e. The molecule has 168 valence electrons. The van der Waals surface area contributed by atoms with Gasteiger partial charge >= 0.3 is 0 Å². The summed E-state index contributed by atoms with van der Waals surface area (Å²) in [5.74, 6) is 1.77. The van der Waals surface area contributed by atoms with Gasteiger partial charge < -0.3 is 9.80 Å². The second-order valence-corrected chi connectivity index (χ2v) is 10.6. The summed E-state index contributed by atoms with van der Waals surface area (Å²) in [6.07, 6.45) is 4.84. The molecule has 1 aromatic carbocycles. The number of hydrogen-bond donors (Lipinski definition) is 0. The fourth-order valence-corrected chi connectivity index (χ4v) is 6.38. The van der Waals surface area contributed by atoms with E-state index in [2.05, 4.69) is 33.0 Å². The number of aryl methyl sites for hydroxylation is 2. The number of rotatable bonds is 5. The van der Waals surface area contributed by atoms with E-state index in [1.165, 1.54) is 19.3 Å². The van der Waals surface area contributed by atoms with Crippen molar-refractivity contribution in [3.63, 3.8) is 0 Å². The molecule has 0 bridgehead atoms. The number of benzene rings is 1. The smallest absolute Gasteiger partial charge is 0.243 e. The van der Waals surface area contributed by atoms with E-state index >= 15 is 0 Å². The van der Waals surface area contributed by atoms with Gasteiger partial charge in [-0.05, 0) is 63.3 Å². The first kappa shape index (κ1) is 22.0. The van der Waals surface area contributed by atoms with Gasteiger partial charge in [0.2, 0.25) is 10.0 Å². The summed E-state index contributed by atoms with van der Waals surface area (Å²) in [4.78, 5) is 4.91. The molecular weight excluding hydrogens is 410 g/mol. The lowest BCUT2D eigenvalue weighted by Gasteiger charge is -2.37.